The Morgan fingerprint density at radius 1 is 1.10 bits per heavy atom. The molecule has 0 aromatic heterocycles. The van der Waals surface area contributed by atoms with Gasteiger partial charge in [-0.05, 0) is 12.1 Å². The van der Waals surface area contributed by atoms with Crippen molar-refractivity contribution in [3.63, 3.8) is 0 Å². The zero-order valence-electron chi connectivity index (χ0n) is 11.7. The van der Waals surface area contributed by atoms with Crippen molar-refractivity contribution in [1.82, 2.24) is 4.90 Å². The summed E-state index contributed by atoms with van der Waals surface area (Å²) in [5.41, 5.74) is 1.01. The number of aliphatic hydroxyl groups excluding tert-OH is 1. The second-order valence-corrected chi connectivity index (χ2v) is 8.25. The van der Waals surface area contributed by atoms with Crippen LogP contribution in [0.2, 0.25) is 5.02 Å². The largest absolute Gasteiger partial charge is 0.390 e. The van der Waals surface area contributed by atoms with Crippen molar-refractivity contribution >= 4 is 27.1 Å². The van der Waals surface area contributed by atoms with Crippen LogP contribution < -0.4 is 4.90 Å². The van der Waals surface area contributed by atoms with Crippen LogP contribution in [0.15, 0.2) is 24.3 Å². The van der Waals surface area contributed by atoms with Gasteiger partial charge in [0.2, 0.25) is 0 Å². The summed E-state index contributed by atoms with van der Waals surface area (Å²) in [6.45, 7) is 3.05. The number of hydrogen-bond donors (Lipinski definition) is 1. The molecule has 21 heavy (non-hydrogen) atoms. The van der Waals surface area contributed by atoms with E-state index in [0.717, 1.165) is 36.9 Å². The molecule has 0 aliphatic carbocycles. The highest BCUT2D eigenvalue weighted by atomic mass is 35.5. The van der Waals surface area contributed by atoms with Gasteiger partial charge >= 0.3 is 0 Å². The van der Waals surface area contributed by atoms with Gasteiger partial charge in [-0.3, -0.25) is 4.90 Å². The van der Waals surface area contributed by atoms with Crippen LogP contribution in [0.1, 0.15) is 0 Å². The fraction of sp³-hybridized carbons (Fsp3) is 0.571. The molecule has 1 aromatic carbocycles. The van der Waals surface area contributed by atoms with Gasteiger partial charge in [0.15, 0.2) is 9.84 Å². The lowest BCUT2D eigenvalue weighted by atomic mass is 10.1. The van der Waals surface area contributed by atoms with E-state index >= 15 is 0 Å². The van der Waals surface area contributed by atoms with Gasteiger partial charge in [0, 0.05) is 26.2 Å². The van der Waals surface area contributed by atoms with Crippen molar-refractivity contribution in [3.8, 4) is 0 Å². The molecule has 2 aliphatic rings. The highest BCUT2D eigenvalue weighted by molar-refractivity contribution is 7.91. The van der Waals surface area contributed by atoms with Crippen molar-refractivity contribution < 1.29 is 13.5 Å². The van der Waals surface area contributed by atoms with Crippen LogP contribution in [-0.4, -0.2) is 68.3 Å². The standard InChI is InChI=1S/C14H19ClN2O3S/c15-11-3-1-2-4-12(11)16-5-7-17(8-6-16)13-9-21(19,20)10-14(13)18/h1-4,13-14,18H,5-10H2. The Labute approximate surface area is 130 Å². The minimum atomic E-state index is -3.09. The van der Waals surface area contributed by atoms with Crippen LogP contribution in [0.25, 0.3) is 0 Å². The van der Waals surface area contributed by atoms with Gasteiger partial charge in [0.1, 0.15) is 0 Å². The van der Waals surface area contributed by atoms with Gasteiger partial charge in [0.25, 0.3) is 0 Å². The second kappa shape index (κ2) is 5.76. The fourth-order valence-corrected chi connectivity index (χ4v) is 5.25. The molecule has 0 radical (unpaired) electrons. The molecule has 7 heteroatoms. The molecule has 2 fully saturated rings. The first-order valence-corrected chi connectivity index (χ1v) is 9.28. The number of benzene rings is 1. The molecule has 2 heterocycles. The third kappa shape index (κ3) is 3.18. The third-order valence-corrected chi connectivity index (χ3v) is 6.29. The molecule has 5 nitrogen and oxygen atoms in total. The first-order chi connectivity index (χ1) is 9.96. The van der Waals surface area contributed by atoms with Crippen LogP contribution in [0.4, 0.5) is 5.69 Å². The molecule has 2 atom stereocenters. The average Bonchev–Trinajstić information content (AvgIpc) is 2.73. The van der Waals surface area contributed by atoms with Crippen molar-refractivity contribution in [1.29, 1.82) is 0 Å². The summed E-state index contributed by atoms with van der Waals surface area (Å²) >= 11 is 6.21. The summed E-state index contributed by atoms with van der Waals surface area (Å²) in [5.74, 6) is -0.0390. The molecular weight excluding hydrogens is 312 g/mol. The number of halogens is 1. The number of hydrogen-bond acceptors (Lipinski definition) is 5. The van der Waals surface area contributed by atoms with Crippen molar-refractivity contribution in [2.24, 2.45) is 0 Å². The van der Waals surface area contributed by atoms with Gasteiger partial charge in [-0.25, -0.2) is 8.42 Å². The van der Waals surface area contributed by atoms with Gasteiger partial charge in [-0.15, -0.1) is 0 Å². The summed E-state index contributed by atoms with van der Waals surface area (Å²) in [6, 6.07) is 7.47. The SMILES string of the molecule is O=S1(=O)CC(O)C(N2CCN(c3ccccc3Cl)CC2)C1. The Morgan fingerprint density at radius 3 is 2.33 bits per heavy atom. The molecule has 0 bridgehead atoms. The molecule has 116 valence electrons. The third-order valence-electron chi connectivity index (χ3n) is 4.27. The molecule has 0 saturated carbocycles. The van der Waals surface area contributed by atoms with E-state index in [1.165, 1.54) is 0 Å². The minimum Gasteiger partial charge on any atom is -0.390 e. The maximum absolute atomic E-state index is 11.6. The topological polar surface area (TPSA) is 60.9 Å². The monoisotopic (exact) mass is 330 g/mol. The highest BCUT2D eigenvalue weighted by Gasteiger charge is 2.40. The smallest absolute Gasteiger partial charge is 0.154 e. The van der Waals surface area contributed by atoms with Gasteiger partial charge in [-0.1, -0.05) is 23.7 Å². The average molecular weight is 331 g/mol. The highest BCUT2D eigenvalue weighted by Crippen LogP contribution is 2.27. The Kier molecular flexibility index (Phi) is 4.14. The lowest BCUT2D eigenvalue weighted by Gasteiger charge is -2.39. The Morgan fingerprint density at radius 2 is 1.76 bits per heavy atom. The van der Waals surface area contributed by atoms with Crippen LogP contribution in [0.3, 0.4) is 0 Å². The molecule has 1 aromatic rings. The van der Waals surface area contributed by atoms with Gasteiger partial charge in [0.05, 0.1) is 34.4 Å². The van der Waals surface area contributed by atoms with E-state index in [2.05, 4.69) is 9.80 Å². The number of piperazine rings is 1. The number of nitrogens with zero attached hydrogens (tertiary/aromatic N) is 2. The van der Waals surface area contributed by atoms with Crippen molar-refractivity contribution in [2.75, 3.05) is 42.6 Å². The summed E-state index contributed by atoms with van der Waals surface area (Å²) in [6.07, 6.45) is -0.762. The predicted molar refractivity (Wildman–Crippen MR) is 83.7 cm³/mol. The summed E-state index contributed by atoms with van der Waals surface area (Å²) in [4.78, 5) is 4.29. The molecular formula is C14H19ClN2O3S. The first kappa shape index (κ1) is 15.1. The molecule has 3 rings (SSSR count). The van der Waals surface area contributed by atoms with E-state index < -0.39 is 15.9 Å². The maximum Gasteiger partial charge on any atom is 0.154 e. The van der Waals surface area contributed by atoms with Gasteiger partial charge < -0.3 is 10.0 Å². The predicted octanol–water partition coefficient (Wildman–Crippen LogP) is 0.620. The van der Waals surface area contributed by atoms with E-state index in [4.69, 9.17) is 11.6 Å². The zero-order valence-corrected chi connectivity index (χ0v) is 13.2. The number of sulfone groups is 1. The normalized spacial score (nSPS) is 29.7. The molecule has 2 unspecified atom stereocenters. The summed E-state index contributed by atoms with van der Waals surface area (Å²) < 4.78 is 23.2. The molecule has 1 N–H and O–H groups in total. The van der Waals surface area contributed by atoms with Crippen molar-refractivity contribution in [3.05, 3.63) is 29.3 Å². The van der Waals surface area contributed by atoms with E-state index in [1.807, 2.05) is 24.3 Å². The Balaban J connectivity index is 1.65. The lowest BCUT2D eigenvalue weighted by Crippen LogP contribution is -2.53. The molecule has 0 spiro atoms. The zero-order chi connectivity index (χ0) is 15.0. The quantitative estimate of drug-likeness (QED) is 0.861. The number of para-hydroxylation sites is 1. The minimum absolute atomic E-state index is 0.0697. The van der Waals surface area contributed by atoms with E-state index in [1.54, 1.807) is 0 Å². The number of anilines is 1. The first-order valence-electron chi connectivity index (χ1n) is 7.08. The summed E-state index contributed by atoms with van der Waals surface area (Å²) in [7, 11) is -3.09. The van der Waals surface area contributed by atoms with Crippen LogP contribution in [0, 0.1) is 0 Å². The Bertz CT molecular complexity index is 614. The van der Waals surface area contributed by atoms with Crippen LogP contribution in [0.5, 0.6) is 0 Å². The van der Waals surface area contributed by atoms with Gasteiger partial charge in [-0.2, -0.15) is 0 Å². The maximum atomic E-state index is 11.6. The molecule has 0 amide bonds. The fourth-order valence-electron chi connectivity index (χ4n) is 3.16. The van der Waals surface area contributed by atoms with E-state index in [9.17, 15) is 13.5 Å². The molecule has 2 aliphatic heterocycles. The summed E-state index contributed by atoms with van der Waals surface area (Å²) in [5, 5.41) is 10.7. The van der Waals surface area contributed by atoms with Crippen LogP contribution in [-0.2, 0) is 9.84 Å². The number of rotatable bonds is 2. The van der Waals surface area contributed by atoms with Crippen molar-refractivity contribution in [2.45, 2.75) is 12.1 Å². The Hall–Kier alpha value is -0.820. The number of aliphatic hydroxyl groups is 1. The second-order valence-electron chi connectivity index (χ2n) is 5.69. The molecule has 2 saturated heterocycles. The van der Waals surface area contributed by atoms with Crippen LogP contribution >= 0.6 is 11.6 Å². The van der Waals surface area contributed by atoms with E-state index in [-0.39, 0.29) is 17.5 Å². The lowest BCUT2D eigenvalue weighted by molar-refractivity contribution is 0.0793. The van der Waals surface area contributed by atoms with E-state index in [0.29, 0.717) is 0 Å².